The van der Waals surface area contributed by atoms with Crippen molar-refractivity contribution in [3.8, 4) is 5.75 Å². The Kier molecular flexibility index (Phi) is 4.77. The number of carbonyl (C=O) groups is 1. The first-order chi connectivity index (χ1) is 10.0. The van der Waals surface area contributed by atoms with E-state index in [0.29, 0.717) is 16.9 Å². The lowest BCUT2D eigenvalue weighted by Crippen LogP contribution is -2.02. The number of carbonyl (C=O) groups excluding carboxylic acids is 1. The average molecular weight is 326 g/mol. The summed E-state index contributed by atoms with van der Waals surface area (Å²) in [5, 5.41) is 11.6. The SMILES string of the molecule is O=Cc1c(Cl)cccc1OCc1cc(Cl)ccc1[N+](=O)[O-]. The molecule has 0 atom stereocenters. The van der Waals surface area contributed by atoms with Crippen LogP contribution in [0.3, 0.4) is 0 Å². The molecule has 2 rings (SSSR count). The Morgan fingerprint density at radius 2 is 2.00 bits per heavy atom. The number of benzene rings is 2. The van der Waals surface area contributed by atoms with E-state index in [4.69, 9.17) is 27.9 Å². The Hall–Kier alpha value is -2.11. The molecular weight excluding hydrogens is 317 g/mol. The zero-order chi connectivity index (χ0) is 15.4. The number of halogens is 2. The van der Waals surface area contributed by atoms with Crippen LogP contribution in [0.1, 0.15) is 15.9 Å². The zero-order valence-electron chi connectivity index (χ0n) is 10.6. The molecule has 0 unspecified atom stereocenters. The lowest BCUT2D eigenvalue weighted by Gasteiger charge is -2.10. The molecule has 0 aliphatic rings. The van der Waals surface area contributed by atoms with E-state index in [1.54, 1.807) is 18.2 Å². The Labute approximate surface area is 130 Å². The van der Waals surface area contributed by atoms with Gasteiger partial charge in [0.05, 0.1) is 21.1 Å². The van der Waals surface area contributed by atoms with Gasteiger partial charge in [0, 0.05) is 11.1 Å². The second-order valence-electron chi connectivity index (χ2n) is 4.09. The number of rotatable bonds is 5. The molecule has 0 aromatic heterocycles. The van der Waals surface area contributed by atoms with E-state index in [9.17, 15) is 14.9 Å². The lowest BCUT2D eigenvalue weighted by atomic mass is 10.2. The van der Waals surface area contributed by atoms with Gasteiger partial charge in [0.1, 0.15) is 12.4 Å². The van der Waals surface area contributed by atoms with Crippen LogP contribution in [0.5, 0.6) is 5.75 Å². The molecule has 0 heterocycles. The molecule has 7 heteroatoms. The quantitative estimate of drug-likeness (QED) is 0.467. The van der Waals surface area contributed by atoms with E-state index in [2.05, 4.69) is 0 Å². The molecule has 0 aliphatic heterocycles. The second-order valence-corrected chi connectivity index (χ2v) is 4.93. The number of nitro groups is 1. The van der Waals surface area contributed by atoms with Crippen LogP contribution in [0.15, 0.2) is 36.4 Å². The Bertz CT molecular complexity index is 703. The summed E-state index contributed by atoms with van der Waals surface area (Å²) in [5.41, 5.74) is 0.405. The summed E-state index contributed by atoms with van der Waals surface area (Å²) >= 11 is 11.7. The second kappa shape index (κ2) is 6.56. The fourth-order valence-electron chi connectivity index (χ4n) is 1.76. The summed E-state index contributed by atoms with van der Waals surface area (Å²) in [6.07, 6.45) is 0.573. The molecule has 0 bridgehead atoms. The number of aldehydes is 1. The van der Waals surface area contributed by atoms with Crippen LogP contribution in [0, 0.1) is 10.1 Å². The molecule has 2 aromatic rings. The zero-order valence-corrected chi connectivity index (χ0v) is 12.1. The standard InChI is InChI=1S/C14H9Cl2NO4/c15-10-4-5-13(17(19)20)9(6-10)8-21-14-3-1-2-12(16)11(14)7-18/h1-7H,8H2. The van der Waals surface area contributed by atoms with Gasteiger partial charge in [0.25, 0.3) is 5.69 Å². The Morgan fingerprint density at radius 1 is 1.24 bits per heavy atom. The fourth-order valence-corrected chi connectivity index (χ4v) is 2.17. The van der Waals surface area contributed by atoms with Gasteiger partial charge in [0.15, 0.2) is 6.29 Å². The van der Waals surface area contributed by atoms with Crippen molar-refractivity contribution < 1.29 is 14.5 Å². The van der Waals surface area contributed by atoms with Gasteiger partial charge in [-0.1, -0.05) is 29.3 Å². The summed E-state index contributed by atoms with van der Waals surface area (Å²) < 4.78 is 5.46. The molecular formula is C14H9Cl2NO4. The van der Waals surface area contributed by atoms with Gasteiger partial charge in [-0.2, -0.15) is 0 Å². The van der Waals surface area contributed by atoms with Gasteiger partial charge in [-0.3, -0.25) is 14.9 Å². The Morgan fingerprint density at radius 3 is 2.67 bits per heavy atom. The predicted octanol–water partition coefficient (Wildman–Crippen LogP) is 4.29. The monoisotopic (exact) mass is 325 g/mol. The van der Waals surface area contributed by atoms with Crippen LogP contribution in [-0.2, 0) is 6.61 Å². The Balaban J connectivity index is 2.28. The van der Waals surface area contributed by atoms with Crippen molar-refractivity contribution in [3.63, 3.8) is 0 Å². The van der Waals surface area contributed by atoms with E-state index in [0.717, 1.165) is 0 Å². The van der Waals surface area contributed by atoms with Gasteiger partial charge >= 0.3 is 0 Å². The highest BCUT2D eigenvalue weighted by atomic mass is 35.5. The molecule has 0 amide bonds. The highest BCUT2D eigenvalue weighted by molar-refractivity contribution is 6.33. The number of nitrogens with zero attached hydrogens (tertiary/aromatic N) is 1. The lowest BCUT2D eigenvalue weighted by molar-refractivity contribution is -0.385. The first kappa shape index (κ1) is 15.3. The van der Waals surface area contributed by atoms with Crippen LogP contribution in [0.4, 0.5) is 5.69 Å². The maximum absolute atomic E-state index is 11.0. The van der Waals surface area contributed by atoms with E-state index < -0.39 is 4.92 Å². The van der Waals surface area contributed by atoms with Crippen LogP contribution < -0.4 is 4.74 Å². The summed E-state index contributed by atoms with van der Waals surface area (Å²) in [4.78, 5) is 21.4. The van der Waals surface area contributed by atoms with Crippen molar-refractivity contribution >= 4 is 35.2 Å². The largest absolute Gasteiger partial charge is 0.488 e. The highest BCUT2D eigenvalue weighted by Crippen LogP contribution is 2.28. The van der Waals surface area contributed by atoms with E-state index >= 15 is 0 Å². The molecule has 21 heavy (non-hydrogen) atoms. The molecule has 0 spiro atoms. The van der Waals surface area contributed by atoms with Gasteiger partial charge in [-0.25, -0.2) is 0 Å². The van der Waals surface area contributed by atoms with Crippen molar-refractivity contribution in [2.75, 3.05) is 0 Å². The molecule has 5 nitrogen and oxygen atoms in total. The first-order valence-electron chi connectivity index (χ1n) is 5.82. The third-order valence-corrected chi connectivity index (χ3v) is 3.32. The molecule has 0 N–H and O–H groups in total. The summed E-state index contributed by atoms with van der Waals surface area (Å²) in [5.74, 6) is 0.256. The number of nitro benzene ring substituents is 1. The summed E-state index contributed by atoms with van der Waals surface area (Å²) in [6, 6.07) is 8.92. The third kappa shape index (κ3) is 3.51. The molecule has 0 saturated heterocycles. The minimum absolute atomic E-state index is 0.0992. The van der Waals surface area contributed by atoms with Crippen molar-refractivity contribution in [2.45, 2.75) is 6.61 Å². The molecule has 0 saturated carbocycles. The van der Waals surface area contributed by atoms with Crippen molar-refractivity contribution in [2.24, 2.45) is 0 Å². The van der Waals surface area contributed by atoms with Gasteiger partial charge in [0.2, 0.25) is 0 Å². The topological polar surface area (TPSA) is 69.4 Å². The van der Waals surface area contributed by atoms with Crippen LogP contribution in [-0.4, -0.2) is 11.2 Å². The maximum Gasteiger partial charge on any atom is 0.276 e. The summed E-state index contributed by atoms with van der Waals surface area (Å²) in [6.45, 7) is -0.0992. The van der Waals surface area contributed by atoms with E-state index in [1.165, 1.54) is 18.2 Å². The third-order valence-electron chi connectivity index (χ3n) is 2.75. The average Bonchev–Trinajstić information content (AvgIpc) is 2.44. The molecule has 0 fully saturated rings. The number of hydrogen-bond donors (Lipinski definition) is 0. The summed E-state index contributed by atoms with van der Waals surface area (Å²) in [7, 11) is 0. The first-order valence-corrected chi connectivity index (χ1v) is 6.58. The minimum atomic E-state index is -0.520. The van der Waals surface area contributed by atoms with Crippen molar-refractivity contribution in [1.82, 2.24) is 0 Å². The highest BCUT2D eigenvalue weighted by Gasteiger charge is 2.15. The molecule has 0 aliphatic carbocycles. The molecule has 0 radical (unpaired) electrons. The van der Waals surface area contributed by atoms with Gasteiger partial charge in [-0.15, -0.1) is 0 Å². The van der Waals surface area contributed by atoms with Crippen LogP contribution >= 0.6 is 23.2 Å². The fraction of sp³-hybridized carbons (Fsp3) is 0.0714. The van der Waals surface area contributed by atoms with E-state index in [-0.39, 0.29) is 28.6 Å². The van der Waals surface area contributed by atoms with E-state index in [1.807, 2.05) is 0 Å². The number of ether oxygens (including phenoxy) is 1. The molecule has 108 valence electrons. The number of hydrogen-bond acceptors (Lipinski definition) is 4. The van der Waals surface area contributed by atoms with Gasteiger partial charge in [-0.05, 0) is 24.3 Å². The molecule has 2 aromatic carbocycles. The van der Waals surface area contributed by atoms with Crippen LogP contribution in [0.2, 0.25) is 10.0 Å². The minimum Gasteiger partial charge on any atom is -0.488 e. The maximum atomic E-state index is 11.0. The predicted molar refractivity (Wildman–Crippen MR) is 79.3 cm³/mol. The van der Waals surface area contributed by atoms with Crippen molar-refractivity contribution in [1.29, 1.82) is 0 Å². The normalized spacial score (nSPS) is 10.2. The smallest absolute Gasteiger partial charge is 0.276 e. The van der Waals surface area contributed by atoms with Gasteiger partial charge < -0.3 is 4.74 Å². The van der Waals surface area contributed by atoms with Crippen molar-refractivity contribution in [3.05, 3.63) is 67.7 Å². The van der Waals surface area contributed by atoms with Crippen LogP contribution in [0.25, 0.3) is 0 Å².